The molecule has 0 N–H and O–H groups in total. The van der Waals surface area contributed by atoms with Crippen LogP contribution < -0.4 is 0 Å². The molecule has 0 aliphatic heterocycles. The van der Waals surface area contributed by atoms with Crippen molar-refractivity contribution in [3.05, 3.63) is 59.3 Å². The maximum Gasteiger partial charge on any atom is 0.131 e. The van der Waals surface area contributed by atoms with Crippen LogP contribution in [0.4, 0.5) is 4.39 Å². The first-order chi connectivity index (χ1) is 14.8. The van der Waals surface area contributed by atoms with Crippen LogP contribution in [0.25, 0.3) is 11.1 Å². The van der Waals surface area contributed by atoms with E-state index < -0.39 is 5.82 Å². The highest BCUT2D eigenvalue weighted by molar-refractivity contribution is 5.64. The molecule has 1 aliphatic carbocycles. The van der Waals surface area contributed by atoms with E-state index in [9.17, 15) is 4.39 Å². The summed E-state index contributed by atoms with van der Waals surface area (Å²) in [6.07, 6.45) is 12.5. The summed E-state index contributed by atoms with van der Waals surface area (Å²) >= 11 is 0. The van der Waals surface area contributed by atoms with Crippen LogP contribution in [-0.2, 0) is 6.42 Å². The maximum atomic E-state index is 14.9. The van der Waals surface area contributed by atoms with Crippen molar-refractivity contribution >= 4 is 0 Å². The first-order valence-electron chi connectivity index (χ1n) is 12.7. The predicted octanol–water partition coefficient (Wildman–Crippen LogP) is 8.12. The van der Waals surface area contributed by atoms with Crippen LogP contribution in [0.1, 0.15) is 81.3 Å². The van der Waals surface area contributed by atoms with Crippen molar-refractivity contribution in [2.45, 2.75) is 78.1 Å². The van der Waals surface area contributed by atoms with E-state index in [1.807, 2.05) is 6.07 Å². The van der Waals surface area contributed by atoms with Gasteiger partial charge in [-0.25, -0.2) is 4.39 Å². The van der Waals surface area contributed by atoms with Crippen LogP contribution in [0.15, 0.2) is 42.4 Å². The smallest absolute Gasteiger partial charge is 0.131 e. The normalized spacial score (nSPS) is 22.0. The van der Waals surface area contributed by atoms with Gasteiger partial charge in [0.2, 0.25) is 0 Å². The first-order valence-corrected chi connectivity index (χ1v) is 10.7. The van der Waals surface area contributed by atoms with Gasteiger partial charge < -0.3 is 0 Å². The molecule has 2 aromatic rings. The lowest BCUT2D eigenvalue weighted by atomic mass is 9.78. The lowest BCUT2D eigenvalue weighted by molar-refractivity contribution is 0.249. The summed E-state index contributed by atoms with van der Waals surface area (Å²) in [5.41, 5.74) is 1.42. The molecular weight excluding hydrogens is 331 g/mol. The Hall–Kier alpha value is -1.63. The number of halogens is 1. The van der Waals surface area contributed by atoms with E-state index in [1.54, 1.807) is 13.0 Å². The molecule has 27 heavy (non-hydrogen) atoms. The monoisotopic (exact) mass is 370 g/mol. The molecule has 0 atom stereocenters. The van der Waals surface area contributed by atoms with Crippen LogP contribution in [0, 0.1) is 24.6 Å². The summed E-state index contributed by atoms with van der Waals surface area (Å²) in [7, 11) is 0. The van der Waals surface area contributed by atoms with E-state index in [0.717, 1.165) is 30.2 Å². The molecule has 1 heteroatoms. The van der Waals surface area contributed by atoms with Gasteiger partial charge in [-0.1, -0.05) is 100 Å². The van der Waals surface area contributed by atoms with Crippen molar-refractivity contribution < 1.29 is 9.87 Å². The number of rotatable bonds is 8. The predicted molar refractivity (Wildman–Crippen MR) is 114 cm³/mol. The van der Waals surface area contributed by atoms with E-state index in [4.69, 9.17) is 5.48 Å². The molecule has 0 nitrogen and oxygen atoms in total. The summed E-state index contributed by atoms with van der Waals surface area (Å²) in [5.74, 6) is 1.15. The second kappa shape index (κ2) is 10.1. The van der Waals surface area contributed by atoms with Crippen LogP contribution in [0.3, 0.4) is 0 Å². The Balaban J connectivity index is 1.63. The van der Waals surface area contributed by atoms with Gasteiger partial charge in [0.05, 0.1) is 5.48 Å². The second-order valence-electron chi connectivity index (χ2n) is 8.24. The molecular formula is C26H35F. The Bertz CT molecular complexity index is 872. The maximum absolute atomic E-state index is 14.9. The molecule has 0 saturated heterocycles. The first kappa shape index (κ1) is 15.3. The number of benzene rings is 2. The summed E-state index contributed by atoms with van der Waals surface area (Å²) in [5, 5.41) is 0. The highest BCUT2D eigenvalue weighted by Gasteiger charge is 2.20. The van der Waals surface area contributed by atoms with Gasteiger partial charge in [0.15, 0.2) is 0 Å². The highest BCUT2D eigenvalue weighted by atomic mass is 19.1. The quantitative estimate of drug-likeness (QED) is 0.411. The van der Waals surface area contributed by atoms with Crippen molar-refractivity contribution in [2.75, 3.05) is 0 Å². The fraction of sp³-hybridized carbons (Fsp3) is 0.538. The van der Waals surface area contributed by atoms with Gasteiger partial charge in [-0.05, 0) is 48.8 Å². The van der Waals surface area contributed by atoms with Crippen LogP contribution in [0.5, 0.6) is 0 Å². The van der Waals surface area contributed by atoms with Crippen LogP contribution >= 0.6 is 0 Å². The molecule has 0 amide bonds. The third-order valence-electron chi connectivity index (χ3n) is 6.08. The largest absolute Gasteiger partial charge is 0.206 e. The average Bonchev–Trinajstić information content (AvgIpc) is 2.77. The highest BCUT2D eigenvalue weighted by Crippen LogP contribution is 2.34. The molecule has 0 radical (unpaired) electrons. The fourth-order valence-electron chi connectivity index (χ4n) is 4.29. The van der Waals surface area contributed by atoms with Gasteiger partial charge in [-0.2, -0.15) is 0 Å². The minimum absolute atomic E-state index is 0.0473. The van der Waals surface area contributed by atoms with Crippen LogP contribution in [0.2, 0.25) is 0 Å². The number of hydrogen-bond acceptors (Lipinski definition) is 0. The Morgan fingerprint density at radius 1 is 0.963 bits per heavy atom. The molecule has 0 unspecified atom stereocenters. The second-order valence-corrected chi connectivity index (χ2v) is 8.24. The summed E-state index contributed by atoms with van der Waals surface area (Å²) in [6, 6.07) is 4.43. The standard InChI is InChI=1S/C26H35F/c1-3-4-5-6-21-9-11-22(12-10-21)13-14-23-15-18-25(26(27)19-23)24-16-7-20(2)8-17-24/h7-8,15-19,21-22H,3-6,9-14H2,1-2H3/i7D,8D,16D,17D. The summed E-state index contributed by atoms with van der Waals surface area (Å²) in [4.78, 5) is 0. The van der Waals surface area contributed by atoms with Crippen molar-refractivity contribution in [2.24, 2.45) is 11.8 Å². The van der Waals surface area contributed by atoms with Crippen molar-refractivity contribution in [1.29, 1.82) is 0 Å². The molecule has 0 aromatic heterocycles. The minimum Gasteiger partial charge on any atom is -0.206 e. The molecule has 146 valence electrons. The lowest BCUT2D eigenvalue weighted by Crippen LogP contribution is -2.15. The molecule has 0 spiro atoms. The summed E-state index contributed by atoms with van der Waals surface area (Å²) < 4.78 is 47.3. The number of aryl methyl sites for hydroxylation is 1. The Kier molecular flexibility index (Phi) is 5.71. The molecule has 0 bridgehead atoms. The summed E-state index contributed by atoms with van der Waals surface area (Å²) in [6.45, 7) is 3.81. The van der Waals surface area contributed by atoms with Gasteiger partial charge in [-0.15, -0.1) is 0 Å². The van der Waals surface area contributed by atoms with Crippen molar-refractivity contribution in [1.82, 2.24) is 0 Å². The van der Waals surface area contributed by atoms with Gasteiger partial charge in [-0.3, -0.25) is 0 Å². The Labute approximate surface area is 170 Å². The topological polar surface area (TPSA) is 0 Å². The molecule has 0 heterocycles. The zero-order valence-corrected chi connectivity index (χ0v) is 16.8. The van der Waals surface area contributed by atoms with Crippen LogP contribution in [-0.4, -0.2) is 0 Å². The molecule has 2 aromatic carbocycles. The lowest BCUT2D eigenvalue weighted by Gasteiger charge is -2.28. The fourth-order valence-corrected chi connectivity index (χ4v) is 4.29. The average molecular weight is 371 g/mol. The van der Waals surface area contributed by atoms with E-state index in [1.165, 1.54) is 57.4 Å². The van der Waals surface area contributed by atoms with Crippen molar-refractivity contribution in [3.8, 4) is 11.1 Å². The molecule has 1 saturated carbocycles. The zero-order chi connectivity index (χ0) is 22.5. The van der Waals surface area contributed by atoms with Gasteiger partial charge in [0.25, 0.3) is 0 Å². The number of unbranched alkanes of at least 4 members (excludes halogenated alkanes) is 2. The van der Waals surface area contributed by atoms with Gasteiger partial charge in [0, 0.05) is 5.56 Å². The molecule has 1 aliphatic rings. The van der Waals surface area contributed by atoms with E-state index >= 15 is 0 Å². The number of hydrogen-bond donors (Lipinski definition) is 0. The Morgan fingerprint density at radius 2 is 1.63 bits per heavy atom. The molecule has 1 fully saturated rings. The molecule has 3 rings (SSSR count). The van der Waals surface area contributed by atoms with Gasteiger partial charge >= 0.3 is 0 Å². The van der Waals surface area contributed by atoms with Crippen molar-refractivity contribution in [3.63, 3.8) is 0 Å². The van der Waals surface area contributed by atoms with Gasteiger partial charge in [0.1, 0.15) is 5.82 Å². The third kappa shape index (κ3) is 5.92. The minimum atomic E-state index is -0.471. The zero-order valence-electron chi connectivity index (χ0n) is 20.8. The SMILES string of the molecule is [2H]c1c([2H])c(-c2ccc(CCC3CCC(CCCCC)CC3)cc2F)c([2H])c([2H])c1C. The van der Waals surface area contributed by atoms with E-state index in [-0.39, 0.29) is 40.9 Å². The Morgan fingerprint density at radius 3 is 2.26 bits per heavy atom. The van der Waals surface area contributed by atoms with E-state index in [0.29, 0.717) is 0 Å². The third-order valence-corrected chi connectivity index (χ3v) is 6.08. The van der Waals surface area contributed by atoms with E-state index in [2.05, 4.69) is 6.92 Å².